The number of carbonyl (C=O) groups is 2. The van der Waals surface area contributed by atoms with Crippen LogP contribution in [-0.2, 0) is 16.0 Å². The number of benzene rings is 1. The highest BCUT2D eigenvalue weighted by Gasteiger charge is 2.36. The van der Waals surface area contributed by atoms with Crippen molar-refractivity contribution in [3.63, 3.8) is 0 Å². The zero-order chi connectivity index (χ0) is 18.5. The van der Waals surface area contributed by atoms with E-state index in [-0.39, 0.29) is 17.7 Å². The van der Waals surface area contributed by atoms with Crippen LogP contribution in [0.15, 0.2) is 30.3 Å². The molecule has 2 aromatic rings. The molecule has 0 fully saturated rings. The van der Waals surface area contributed by atoms with Crippen molar-refractivity contribution in [2.45, 2.75) is 44.9 Å². The Bertz CT molecular complexity index is 848. The molecule has 1 heterocycles. The van der Waals surface area contributed by atoms with Crippen molar-refractivity contribution in [2.24, 2.45) is 0 Å². The van der Waals surface area contributed by atoms with E-state index >= 15 is 0 Å². The third-order valence-electron chi connectivity index (χ3n) is 4.69. The number of hydrogen-bond donors (Lipinski definition) is 0. The van der Waals surface area contributed by atoms with E-state index in [1.807, 2.05) is 37.3 Å². The second kappa shape index (κ2) is 8.29. The molecule has 5 heteroatoms. The smallest absolute Gasteiger partial charge is 0.314 e. The molecule has 1 atom stereocenters. The highest BCUT2D eigenvalue weighted by atomic mass is 32.1. The summed E-state index contributed by atoms with van der Waals surface area (Å²) in [7, 11) is 0. The second-order valence-corrected chi connectivity index (χ2v) is 7.70. The van der Waals surface area contributed by atoms with Gasteiger partial charge in [0.1, 0.15) is 0 Å². The maximum Gasteiger partial charge on any atom is 0.314 e. The molecule has 1 aliphatic rings. The third-order valence-corrected chi connectivity index (χ3v) is 5.95. The van der Waals surface area contributed by atoms with E-state index in [0.717, 1.165) is 33.7 Å². The van der Waals surface area contributed by atoms with Crippen molar-refractivity contribution in [1.82, 2.24) is 0 Å². The number of nitrogens with zero attached hydrogens (tertiary/aromatic N) is 1. The summed E-state index contributed by atoms with van der Waals surface area (Å²) in [6.45, 7) is 2.30. The van der Waals surface area contributed by atoms with E-state index in [2.05, 4.69) is 6.07 Å². The number of ether oxygens (including phenoxy) is 1. The zero-order valence-electron chi connectivity index (χ0n) is 14.8. The van der Waals surface area contributed by atoms with Gasteiger partial charge in [0.25, 0.3) is 0 Å². The second-order valence-electron chi connectivity index (χ2n) is 6.45. The Balaban J connectivity index is 1.73. The van der Waals surface area contributed by atoms with Gasteiger partial charge in [0.2, 0.25) is 0 Å². The lowest BCUT2D eigenvalue weighted by Crippen LogP contribution is -2.13. The topological polar surface area (TPSA) is 67.2 Å². The number of thiophene rings is 1. The Kier molecular flexibility index (Phi) is 5.85. The van der Waals surface area contributed by atoms with Gasteiger partial charge in [0.05, 0.1) is 18.6 Å². The summed E-state index contributed by atoms with van der Waals surface area (Å²) >= 11 is 1.55. The van der Waals surface area contributed by atoms with Crippen LogP contribution in [0.25, 0.3) is 0 Å². The quantitative estimate of drug-likeness (QED) is 0.409. The molecule has 26 heavy (non-hydrogen) atoms. The van der Waals surface area contributed by atoms with Gasteiger partial charge in [-0.1, -0.05) is 30.3 Å². The average molecular weight is 367 g/mol. The summed E-state index contributed by atoms with van der Waals surface area (Å²) < 4.78 is 5.40. The van der Waals surface area contributed by atoms with Crippen molar-refractivity contribution in [2.75, 3.05) is 6.61 Å². The molecule has 4 nitrogen and oxygen atoms in total. The predicted octanol–water partition coefficient (Wildman–Crippen LogP) is 4.55. The Morgan fingerprint density at radius 1 is 1.27 bits per heavy atom. The highest BCUT2D eigenvalue weighted by Crippen LogP contribution is 2.43. The van der Waals surface area contributed by atoms with E-state index in [0.29, 0.717) is 31.4 Å². The van der Waals surface area contributed by atoms with Gasteiger partial charge < -0.3 is 4.74 Å². The van der Waals surface area contributed by atoms with Crippen molar-refractivity contribution in [3.8, 4) is 6.07 Å². The number of unbranched alkanes of at least 4 members (excludes halogenated alkanes) is 2. The van der Waals surface area contributed by atoms with E-state index in [9.17, 15) is 9.59 Å². The van der Waals surface area contributed by atoms with E-state index in [1.165, 1.54) is 0 Å². The summed E-state index contributed by atoms with van der Waals surface area (Å²) in [5, 5.41) is 8.53. The zero-order valence-corrected chi connectivity index (χ0v) is 15.6. The number of ketones is 1. The van der Waals surface area contributed by atoms with Crippen molar-refractivity contribution in [3.05, 3.63) is 56.8 Å². The molecule has 0 spiro atoms. The number of hydrogen-bond acceptors (Lipinski definition) is 5. The maximum absolute atomic E-state index is 12.9. The van der Waals surface area contributed by atoms with Gasteiger partial charge in [-0.3, -0.25) is 9.59 Å². The Labute approximate surface area is 157 Å². The summed E-state index contributed by atoms with van der Waals surface area (Å²) in [6, 6.07) is 11.4. The molecule has 3 rings (SSSR count). The molecular formula is C21H21NO3S. The van der Waals surface area contributed by atoms with Crippen LogP contribution in [0.5, 0.6) is 0 Å². The predicted molar refractivity (Wildman–Crippen MR) is 100 cm³/mol. The number of carbonyl (C=O) groups excluding carboxylic acids is 2. The first kappa shape index (κ1) is 18.3. The van der Waals surface area contributed by atoms with Gasteiger partial charge in [-0.15, -0.1) is 11.3 Å². The van der Waals surface area contributed by atoms with Gasteiger partial charge in [0.15, 0.2) is 5.78 Å². The Morgan fingerprint density at radius 3 is 2.77 bits per heavy atom. The van der Waals surface area contributed by atoms with Gasteiger partial charge >= 0.3 is 5.97 Å². The molecule has 0 N–H and O–H groups in total. The van der Waals surface area contributed by atoms with Crippen LogP contribution in [-0.4, -0.2) is 18.4 Å². The number of esters is 1. The van der Waals surface area contributed by atoms with Crippen molar-refractivity contribution < 1.29 is 14.3 Å². The van der Waals surface area contributed by atoms with Crippen LogP contribution in [0.2, 0.25) is 0 Å². The molecule has 0 saturated heterocycles. The normalized spacial score (nSPS) is 15.3. The number of nitriles is 1. The summed E-state index contributed by atoms with van der Waals surface area (Å²) in [5.74, 6) is -0.436. The molecular weight excluding hydrogens is 346 g/mol. The molecule has 0 amide bonds. The van der Waals surface area contributed by atoms with Crippen LogP contribution >= 0.6 is 11.3 Å². The molecule has 0 radical (unpaired) electrons. The fraction of sp³-hybridized carbons (Fsp3) is 0.381. The third kappa shape index (κ3) is 3.71. The largest absolute Gasteiger partial charge is 0.465 e. The fourth-order valence-electron chi connectivity index (χ4n) is 3.40. The first-order chi connectivity index (χ1) is 12.6. The Morgan fingerprint density at radius 2 is 2.04 bits per heavy atom. The fourth-order valence-corrected chi connectivity index (χ4v) is 4.73. The molecule has 0 saturated carbocycles. The molecule has 1 aromatic heterocycles. The van der Waals surface area contributed by atoms with Gasteiger partial charge in [0, 0.05) is 27.3 Å². The van der Waals surface area contributed by atoms with Crippen LogP contribution < -0.4 is 0 Å². The summed E-state index contributed by atoms with van der Waals surface area (Å²) in [4.78, 5) is 27.3. The van der Waals surface area contributed by atoms with E-state index < -0.39 is 0 Å². The number of fused-ring (bicyclic) bond motifs is 1. The maximum atomic E-state index is 12.9. The standard InChI is InChI=1S/C21H21NO3S/c1-14-18(19(23)15-8-4-2-5-9-15)16-10-11-17(20(16)26-14)21(24)25-13-7-3-6-12-22/h2,4-5,8-9,17H,3,6-7,10-11,13H2,1H3. The number of aryl methyl sites for hydroxylation is 1. The van der Waals surface area contributed by atoms with Crippen molar-refractivity contribution in [1.29, 1.82) is 5.26 Å². The lowest BCUT2D eigenvalue weighted by Gasteiger charge is -2.09. The summed E-state index contributed by atoms with van der Waals surface area (Å²) in [5.41, 5.74) is 2.47. The molecule has 1 unspecified atom stereocenters. The minimum Gasteiger partial charge on any atom is -0.465 e. The molecule has 1 aromatic carbocycles. The van der Waals surface area contributed by atoms with Crippen LogP contribution in [0, 0.1) is 18.3 Å². The first-order valence-electron chi connectivity index (χ1n) is 8.89. The molecule has 134 valence electrons. The number of rotatable bonds is 7. The SMILES string of the molecule is Cc1sc2c(c1C(=O)c1ccccc1)CCC2C(=O)OCCCCC#N. The van der Waals surface area contributed by atoms with Crippen LogP contribution in [0.3, 0.4) is 0 Å². The monoisotopic (exact) mass is 367 g/mol. The lowest BCUT2D eigenvalue weighted by molar-refractivity contribution is -0.145. The Hall–Kier alpha value is -2.45. The van der Waals surface area contributed by atoms with Crippen LogP contribution in [0.4, 0.5) is 0 Å². The average Bonchev–Trinajstić information content (AvgIpc) is 3.19. The first-order valence-corrected chi connectivity index (χ1v) is 9.70. The van der Waals surface area contributed by atoms with Gasteiger partial charge in [-0.2, -0.15) is 5.26 Å². The van der Waals surface area contributed by atoms with E-state index in [1.54, 1.807) is 11.3 Å². The molecule has 0 aliphatic heterocycles. The molecule has 0 bridgehead atoms. The summed E-state index contributed by atoms with van der Waals surface area (Å²) in [6.07, 6.45) is 3.38. The van der Waals surface area contributed by atoms with Crippen molar-refractivity contribution >= 4 is 23.1 Å². The van der Waals surface area contributed by atoms with Gasteiger partial charge in [-0.25, -0.2) is 0 Å². The minimum atomic E-state index is -0.262. The van der Waals surface area contributed by atoms with Gasteiger partial charge in [-0.05, 0) is 38.2 Å². The highest BCUT2D eigenvalue weighted by molar-refractivity contribution is 7.12. The lowest BCUT2D eigenvalue weighted by atomic mass is 9.99. The van der Waals surface area contributed by atoms with Crippen LogP contribution in [0.1, 0.15) is 62.8 Å². The minimum absolute atomic E-state index is 0.0334. The molecule has 1 aliphatic carbocycles. The van der Waals surface area contributed by atoms with E-state index in [4.69, 9.17) is 10.00 Å².